The van der Waals surface area contributed by atoms with Gasteiger partial charge in [-0.3, -0.25) is 0 Å². The van der Waals surface area contributed by atoms with Crippen molar-refractivity contribution in [1.29, 1.82) is 0 Å². The summed E-state index contributed by atoms with van der Waals surface area (Å²) < 4.78 is 9.86. The maximum Gasteiger partial charge on any atom is 0.227 e. The van der Waals surface area contributed by atoms with E-state index in [2.05, 4.69) is 10.1 Å². The maximum atomic E-state index is 5.52. The van der Waals surface area contributed by atoms with Gasteiger partial charge < -0.3 is 9.26 Å². The van der Waals surface area contributed by atoms with Gasteiger partial charge >= 0.3 is 0 Å². The first-order valence-electron chi connectivity index (χ1n) is 4.23. The van der Waals surface area contributed by atoms with Gasteiger partial charge in [0, 0.05) is 32.4 Å². The third-order valence-corrected chi connectivity index (χ3v) is 1.76. The van der Waals surface area contributed by atoms with Crippen molar-refractivity contribution >= 4 is 11.6 Å². The number of ether oxygens (including phenoxy) is 1. The standard InChI is InChI=1S/C8H13ClN2O2/c1-12-6-2-3-7-10-8(4-5-9)13-11-7/h2-6H2,1H3. The van der Waals surface area contributed by atoms with Crippen molar-refractivity contribution in [3.05, 3.63) is 11.7 Å². The number of hydrogen-bond acceptors (Lipinski definition) is 4. The van der Waals surface area contributed by atoms with Crippen LogP contribution >= 0.6 is 11.6 Å². The van der Waals surface area contributed by atoms with Gasteiger partial charge in [-0.15, -0.1) is 11.6 Å². The molecule has 0 N–H and O–H groups in total. The lowest BCUT2D eigenvalue weighted by atomic mass is 10.3. The average Bonchev–Trinajstić information content (AvgIpc) is 2.54. The molecule has 0 saturated heterocycles. The highest BCUT2D eigenvalue weighted by atomic mass is 35.5. The summed E-state index contributed by atoms with van der Waals surface area (Å²) in [5.74, 6) is 1.86. The second-order valence-corrected chi connectivity index (χ2v) is 3.02. The maximum absolute atomic E-state index is 5.52. The summed E-state index contributed by atoms with van der Waals surface area (Å²) in [6, 6.07) is 0. The van der Waals surface area contributed by atoms with Crippen LogP contribution in [0.15, 0.2) is 4.52 Å². The molecule has 5 heteroatoms. The minimum atomic E-state index is 0.514. The summed E-state index contributed by atoms with van der Waals surface area (Å²) in [5.41, 5.74) is 0. The van der Waals surface area contributed by atoms with Crippen molar-refractivity contribution in [3.8, 4) is 0 Å². The number of rotatable bonds is 6. The molecule has 0 unspecified atom stereocenters. The molecular weight excluding hydrogens is 192 g/mol. The van der Waals surface area contributed by atoms with Crippen LogP contribution < -0.4 is 0 Å². The quantitative estimate of drug-likeness (QED) is 0.520. The normalized spacial score (nSPS) is 10.6. The molecule has 4 nitrogen and oxygen atoms in total. The van der Waals surface area contributed by atoms with E-state index in [9.17, 15) is 0 Å². The molecule has 13 heavy (non-hydrogen) atoms. The summed E-state index contributed by atoms with van der Waals surface area (Å²) in [4.78, 5) is 4.15. The average molecular weight is 205 g/mol. The lowest BCUT2D eigenvalue weighted by Crippen LogP contribution is -1.94. The Kier molecular flexibility index (Phi) is 4.78. The van der Waals surface area contributed by atoms with Crippen LogP contribution in [0.4, 0.5) is 0 Å². The number of aryl methyl sites for hydroxylation is 2. The molecule has 0 aliphatic rings. The Balaban J connectivity index is 2.31. The molecule has 1 rings (SSSR count). The highest BCUT2D eigenvalue weighted by Gasteiger charge is 2.04. The molecule has 0 aliphatic heterocycles. The van der Waals surface area contributed by atoms with Crippen molar-refractivity contribution in [2.75, 3.05) is 19.6 Å². The molecule has 0 bridgehead atoms. The zero-order valence-electron chi connectivity index (χ0n) is 7.62. The van der Waals surface area contributed by atoms with E-state index in [-0.39, 0.29) is 0 Å². The zero-order valence-corrected chi connectivity index (χ0v) is 8.38. The first-order chi connectivity index (χ1) is 6.36. The van der Waals surface area contributed by atoms with E-state index in [4.69, 9.17) is 20.9 Å². The highest BCUT2D eigenvalue weighted by Crippen LogP contribution is 2.01. The van der Waals surface area contributed by atoms with Crippen LogP contribution in [0, 0.1) is 0 Å². The molecule has 0 amide bonds. The second-order valence-electron chi connectivity index (χ2n) is 2.64. The molecule has 74 valence electrons. The first kappa shape index (κ1) is 10.5. The minimum absolute atomic E-state index is 0.514. The van der Waals surface area contributed by atoms with E-state index in [1.165, 1.54) is 0 Å². The smallest absolute Gasteiger partial charge is 0.227 e. The van der Waals surface area contributed by atoms with Gasteiger partial charge in [0.05, 0.1) is 0 Å². The SMILES string of the molecule is COCCCc1noc(CCCl)n1. The third kappa shape index (κ3) is 3.74. The van der Waals surface area contributed by atoms with Crippen molar-refractivity contribution in [2.45, 2.75) is 19.3 Å². The molecule has 0 aliphatic carbocycles. The zero-order chi connectivity index (χ0) is 9.52. The van der Waals surface area contributed by atoms with E-state index in [0.29, 0.717) is 18.2 Å². The molecular formula is C8H13ClN2O2. The molecule has 0 radical (unpaired) electrons. The van der Waals surface area contributed by atoms with Crippen LogP contribution in [-0.4, -0.2) is 29.7 Å². The van der Waals surface area contributed by atoms with Crippen LogP contribution in [-0.2, 0) is 17.6 Å². The van der Waals surface area contributed by atoms with Crippen molar-refractivity contribution in [1.82, 2.24) is 10.1 Å². The molecule has 0 fully saturated rings. The third-order valence-electron chi connectivity index (χ3n) is 1.57. The minimum Gasteiger partial charge on any atom is -0.385 e. The fourth-order valence-electron chi connectivity index (χ4n) is 0.949. The monoisotopic (exact) mass is 204 g/mol. The molecule has 1 heterocycles. The second kappa shape index (κ2) is 5.94. The summed E-state index contributed by atoms with van der Waals surface area (Å²) in [6.07, 6.45) is 2.34. The molecule has 0 atom stereocenters. The van der Waals surface area contributed by atoms with E-state index in [1.807, 2.05) is 0 Å². The van der Waals surface area contributed by atoms with Gasteiger partial charge in [0.15, 0.2) is 5.82 Å². The van der Waals surface area contributed by atoms with Gasteiger partial charge in [0.25, 0.3) is 0 Å². The van der Waals surface area contributed by atoms with Gasteiger partial charge in [0.2, 0.25) is 5.89 Å². The fourth-order valence-corrected chi connectivity index (χ4v) is 1.11. The van der Waals surface area contributed by atoms with Crippen LogP contribution in [0.3, 0.4) is 0 Å². The van der Waals surface area contributed by atoms with Crippen molar-refractivity contribution < 1.29 is 9.26 Å². The molecule has 0 spiro atoms. The van der Waals surface area contributed by atoms with Gasteiger partial charge in [-0.05, 0) is 6.42 Å². The Hall–Kier alpha value is -0.610. The molecule has 0 aromatic carbocycles. The molecule has 0 saturated carbocycles. The van der Waals surface area contributed by atoms with Gasteiger partial charge in [-0.2, -0.15) is 4.98 Å². The molecule has 1 aromatic rings. The van der Waals surface area contributed by atoms with Crippen molar-refractivity contribution in [3.63, 3.8) is 0 Å². The Morgan fingerprint density at radius 1 is 1.46 bits per heavy atom. The summed E-state index contributed by atoms with van der Waals surface area (Å²) >= 11 is 5.52. The Labute approximate surface area is 82.2 Å². The van der Waals surface area contributed by atoms with Gasteiger partial charge in [0.1, 0.15) is 0 Å². The van der Waals surface area contributed by atoms with Crippen LogP contribution in [0.1, 0.15) is 18.1 Å². The van der Waals surface area contributed by atoms with Crippen LogP contribution in [0.25, 0.3) is 0 Å². The van der Waals surface area contributed by atoms with Gasteiger partial charge in [-0.25, -0.2) is 0 Å². The summed E-state index contributed by atoms with van der Waals surface area (Å²) in [6.45, 7) is 0.722. The first-order valence-corrected chi connectivity index (χ1v) is 4.76. The largest absolute Gasteiger partial charge is 0.385 e. The molecule has 1 aromatic heterocycles. The predicted molar refractivity (Wildman–Crippen MR) is 48.9 cm³/mol. The van der Waals surface area contributed by atoms with E-state index >= 15 is 0 Å². The number of aromatic nitrogens is 2. The van der Waals surface area contributed by atoms with Crippen molar-refractivity contribution in [2.24, 2.45) is 0 Å². The fraction of sp³-hybridized carbons (Fsp3) is 0.750. The summed E-state index contributed by atoms with van der Waals surface area (Å²) in [7, 11) is 1.68. The number of hydrogen-bond donors (Lipinski definition) is 0. The van der Waals surface area contributed by atoms with Crippen LogP contribution in [0.5, 0.6) is 0 Å². The predicted octanol–water partition coefficient (Wildman–Crippen LogP) is 1.43. The Bertz CT molecular complexity index is 240. The Morgan fingerprint density at radius 2 is 2.31 bits per heavy atom. The van der Waals surface area contributed by atoms with Gasteiger partial charge in [-0.1, -0.05) is 5.16 Å². The summed E-state index contributed by atoms with van der Waals surface area (Å²) in [5, 5.41) is 3.81. The Morgan fingerprint density at radius 3 is 3.00 bits per heavy atom. The number of nitrogens with zero attached hydrogens (tertiary/aromatic N) is 2. The number of halogens is 1. The lowest BCUT2D eigenvalue weighted by molar-refractivity contribution is 0.194. The van der Waals surface area contributed by atoms with Crippen LogP contribution in [0.2, 0.25) is 0 Å². The number of alkyl halides is 1. The lowest BCUT2D eigenvalue weighted by Gasteiger charge is -1.92. The number of methoxy groups -OCH3 is 1. The highest BCUT2D eigenvalue weighted by molar-refractivity contribution is 6.17. The van der Waals surface area contributed by atoms with E-state index in [0.717, 1.165) is 25.3 Å². The van der Waals surface area contributed by atoms with E-state index < -0.39 is 0 Å². The van der Waals surface area contributed by atoms with E-state index in [1.54, 1.807) is 7.11 Å². The topological polar surface area (TPSA) is 48.2 Å².